The van der Waals surface area contributed by atoms with Crippen molar-refractivity contribution in [3.63, 3.8) is 0 Å². The van der Waals surface area contributed by atoms with Gasteiger partial charge in [-0.1, -0.05) is 43.0 Å². The van der Waals surface area contributed by atoms with Crippen LogP contribution in [0.1, 0.15) is 38.2 Å². The average Bonchev–Trinajstić information content (AvgIpc) is 2.80. The molecule has 3 heteroatoms. The Kier molecular flexibility index (Phi) is 4.94. The number of hydrogen-bond acceptors (Lipinski definition) is 1. The van der Waals surface area contributed by atoms with E-state index < -0.39 is 0 Å². The predicted octanol–water partition coefficient (Wildman–Crippen LogP) is 4.71. The third-order valence-electron chi connectivity index (χ3n) is 3.99. The van der Waals surface area contributed by atoms with E-state index in [2.05, 4.69) is 12.2 Å². The summed E-state index contributed by atoms with van der Waals surface area (Å²) >= 11 is 12.4. The van der Waals surface area contributed by atoms with Gasteiger partial charge in [0.25, 0.3) is 0 Å². The second kappa shape index (κ2) is 6.27. The second-order valence-electron chi connectivity index (χ2n) is 5.40. The summed E-state index contributed by atoms with van der Waals surface area (Å²) in [6.07, 6.45) is 6.30. The van der Waals surface area contributed by atoms with E-state index in [1.807, 2.05) is 18.2 Å². The molecule has 0 amide bonds. The molecular weight excluding hydrogens is 265 g/mol. The van der Waals surface area contributed by atoms with Crippen LogP contribution in [0.5, 0.6) is 0 Å². The van der Waals surface area contributed by atoms with Crippen molar-refractivity contribution in [2.24, 2.45) is 5.41 Å². The van der Waals surface area contributed by atoms with E-state index in [0.717, 1.165) is 29.6 Å². The van der Waals surface area contributed by atoms with Gasteiger partial charge in [0.05, 0.1) is 0 Å². The Hall–Kier alpha value is -0.240. The largest absolute Gasteiger partial charge is 0.316 e. The van der Waals surface area contributed by atoms with E-state index in [9.17, 15) is 0 Å². The van der Waals surface area contributed by atoms with Gasteiger partial charge in [0.1, 0.15) is 0 Å². The number of nitrogens with one attached hydrogen (secondary N) is 1. The average molecular weight is 286 g/mol. The molecule has 0 heterocycles. The summed E-state index contributed by atoms with van der Waals surface area (Å²) in [5.74, 6) is 0. The van der Waals surface area contributed by atoms with E-state index in [1.165, 1.54) is 31.2 Å². The highest BCUT2D eigenvalue weighted by atomic mass is 35.5. The molecule has 1 aromatic rings. The highest BCUT2D eigenvalue weighted by Crippen LogP contribution is 2.41. The van der Waals surface area contributed by atoms with Crippen LogP contribution in [0.15, 0.2) is 18.2 Å². The van der Waals surface area contributed by atoms with Crippen LogP contribution >= 0.6 is 23.2 Å². The maximum absolute atomic E-state index is 6.29. The lowest BCUT2D eigenvalue weighted by atomic mass is 9.80. The van der Waals surface area contributed by atoms with Crippen LogP contribution in [0.3, 0.4) is 0 Å². The molecule has 1 aliphatic rings. The summed E-state index contributed by atoms with van der Waals surface area (Å²) in [7, 11) is 0. The summed E-state index contributed by atoms with van der Waals surface area (Å²) in [5, 5.41) is 5.14. The molecule has 100 valence electrons. The molecule has 18 heavy (non-hydrogen) atoms. The molecule has 1 fully saturated rings. The summed E-state index contributed by atoms with van der Waals surface area (Å²) < 4.78 is 0. The van der Waals surface area contributed by atoms with Gasteiger partial charge in [0.15, 0.2) is 0 Å². The van der Waals surface area contributed by atoms with Crippen molar-refractivity contribution >= 4 is 23.2 Å². The lowest BCUT2D eigenvalue weighted by Crippen LogP contribution is -2.34. The zero-order valence-corrected chi connectivity index (χ0v) is 12.4. The first-order chi connectivity index (χ1) is 8.65. The minimum atomic E-state index is 0.379. The summed E-state index contributed by atoms with van der Waals surface area (Å²) in [6, 6.07) is 5.80. The van der Waals surface area contributed by atoms with Gasteiger partial charge >= 0.3 is 0 Å². The Morgan fingerprint density at radius 3 is 2.61 bits per heavy atom. The van der Waals surface area contributed by atoms with Crippen molar-refractivity contribution in [3.8, 4) is 0 Å². The lowest BCUT2D eigenvalue weighted by Gasteiger charge is -2.30. The van der Waals surface area contributed by atoms with Crippen LogP contribution in [0.4, 0.5) is 0 Å². The van der Waals surface area contributed by atoms with Crippen molar-refractivity contribution in [1.29, 1.82) is 0 Å². The molecule has 0 radical (unpaired) electrons. The maximum atomic E-state index is 6.29. The van der Waals surface area contributed by atoms with E-state index in [1.54, 1.807) is 0 Å². The molecule has 0 aliphatic heterocycles. The van der Waals surface area contributed by atoms with Crippen LogP contribution in [-0.2, 0) is 6.42 Å². The van der Waals surface area contributed by atoms with Gasteiger partial charge in [0, 0.05) is 16.6 Å². The van der Waals surface area contributed by atoms with Crippen molar-refractivity contribution in [2.75, 3.05) is 13.1 Å². The quantitative estimate of drug-likeness (QED) is 0.827. The molecule has 2 rings (SSSR count). The first-order valence-corrected chi connectivity index (χ1v) is 7.55. The Morgan fingerprint density at radius 2 is 1.94 bits per heavy atom. The Balaban J connectivity index is 2.15. The third-order valence-corrected chi connectivity index (χ3v) is 4.59. The van der Waals surface area contributed by atoms with Crippen molar-refractivity contribution in [3.05, 3.63) is 33.8 Å². The standard InChI is InChI=1S/C15H21Cl2N/c1-2-18-11-15(7-3-4-8-15)10-12-9-13(16)5-6-14(12)17/h5-6,9,18H,2-4,7-8,10-11H2,1H3. The SMILES string of the molecule is CCNCC1(Cc2cc(Cl)ccc2Cl)CCCC1. The van der Waals surface area contributed by atoms with Gasteiger partial charge in [-0.25, -0.2) is 0 Å². The molecule has 1 nitrogen and oxygen atoms in total. The summed E-state index contributed by atoms with van der Waals surface area (Å²) in [6.45, 7) is 4.28. The van der Waals surface area contributed by atoms with E-state index in [4.69, 9.17) is 23.2 Å². The Bertz CT molecular complexity index is 397. The van der Waals surface area contributed by atoms with Crippen LogP contribution in [0.2, 0.25) is 10.0 Å². The fraction of sp³-hybridized carbons (Fsp3) is 0.600. The molecule has 0 unspecified atom stereocenters. The molecule has 1 saturated carbocycles. The van der Waals surface area contributed by atoms with Gasteiger partial charge in [-0.15, -0.1) is 0 Å². The first kappa shape index (κ1) is 14.2. The Morgan fingerprint density at radius 1 is 1.22 bits per heavy atom. The van der Waals surface area contributed by atoms with Crippen LogP contribution < -0.4 is 5.32 Å². The van der Waals surface area contributed by atoms with Crippen LogP contribution in [0, 0.1) is 5.41 Å². The lowest BCUT2D eigenvalue weighted by molar-refractivity contribution is 0.280. The third kappa shape index (κ3) is 3.40. The number of rotatable bonds is 5. The first-order valence-electron chi connectivity index (χ1n) is 6.80. The summed E-state index contributed by atoms with van der Waals surface area (Å²) in [4.78, 5) is 0. The van der Waals surface area contributed by atoms with Crippen molar-refractivity contribution in [1.82, 2.24) is 5.32 Å². The van der Waals surface area contributed by atoms with Gasteiger partial charge in [-0.3, -0.25) is 0 Å². The minimum Gasteiger partial charge on any atom is -0.316 e. The number of halogens is 2. The smallest absolute Gasteiger partial charge is 0.0439 e. The molecule has 1 aromatic carbocycles. The predicted molar refractivity (Wildman–Crippen MR) is 79.6 cm³/mol. The maximum Gasteiger partial charge on any atom is 0.0439 e. The van der Waals surface area contributed by atoms with Crippen molar-refractivity contribution in [2.45, 2.75) is 39.0 Å². The monoisotopic (exact) mass is 285 g/mol. The molecule has 0 bridgehead atoms. The van der Waals surface area contributed by atoms with E-state index >= 15 is 0 Å². The minimum absolute atomic E-state index is 0.379. The molecule has 0 saturated heterocycles. The fourth-order valence-electron chi connectivity index (χ4n) is 3.01. The zero-order valence-electron chi connectivity index (χ0n) is 10.9. The molecule has 1 N–H and O–H groups in total. The fourth-order valence-corrected chi connectivity index (χ4v) is 3.39. The molecule has 0 atom stereocenters. The van der Waals surface area contributed by atoms with E-state index in [0.29, 0.717) is 5.41 Å². The number of hydrogen-bond donors (Lipinski definition) is 1. The summed E-state index contributed by atoms with van der Waals surface area (Å²) in [5.41, 5.74) is 1.58. The second-order valence-corrected chi connectivity index (χ2v) is 6.24. The normalized spacial score (nSPS) is 18.2. The Labute approximate surface area is 120 Å². The van der Waals surface area contributed by atoms with Crippen LogP contribution in [-0.4, -0.2) is 13.1 Å². The topological polar surface area (TPSA) is 12.0 Å². The molecular formula is C15H21Cl2N. The van der Waals surface area contributed by atoms with Gasteiger partial charge in [-0.2, -0.15) is 0 Å². The highest BCUT2D eigenvalue weighted by Gasteiger charge is 2.33. The van der Waals surface area contributed by atoms with Gasteiger partial charge in [0.2, 0.25) is 0 Å². The highest BCUT2D eigenvalue weighted by molar-refractivity contribution is 6.33. The molecule has 0 spiro atoms. The van der Waals surface area contributed by atoms with Crippen molar-refractivity contribution < 1.29 is 0 Å². The zero-order chi connectivity index (χ0) is 13.0. The van der Waals surface area contributed by atoms with Gasteiger partial charge < -0.3 is 5.32 Å². The van der Waals surface area contributed by atoms with Gasteiger partial charge in [-0.05, 0) is 55.0 Å². The number of benzene rings is 1. The van der Waals surface area contributed by atoms with Crippen LogP contribution in [0.25, 0.3) is 0 Å². The van der Waals surface area contributed by atoms with E-state index in [-0.39, 0.29) is 0 Å². The molecule has 1 aliphatic carbocycles. The molecule has 0 aromatic heterocycles.